The molecule has 2 heterocycles. The molecule has 3 aromatic rings. The topological polar surface area (TPSA) is 99.5 Å². The molecular weight excluding hydrogens is 468 g/mol. The molecule has 4 rings (SSSR count). The van der Waals surface area contributed by atoms with Crippen molar-refractivity contribution in [3.8, 4) is 0 Å². The van der Waals surface area contributed by atoms with E-state index >= 15 is 0 Å². The Bertz CT molecular complexity index is 1260. The average Bonchev–Trinajstić information content (AvgIpc) is 3.20. The third-order valence-electron chi connectivity index (χ3n) is 6.47. The minimum Gasteiger partial charge on any atom is -0.392 e. The fourth-order valence-corrected chi connectivity index (χ4v) is 4.75. The first-order valence-corrected chi connectivity index (χ1v) is 12.0. The van der Waals surface area contributed by atoms with Crippen molar-refractivity contribution in [3.63, 3.8) is 0 Å². The molecule has 1 atom stereocenters. The number of nitrogens with zero attached hydrogens (tertiary/aromatic N) is 3. The molecule has 35 heavy (non-hydrogen) atoms. The van der Waals surface area contributed by atoms with E-state index < -0.39 is 11.3 Å². The first-order valence-electron chi connectivity index (χ1n) is 11.6. The summed E-state index contributed by atoms with van der Waals surface area (Å²) >= 11 is 6.02. The Balaban J connectivity index is 1.52. The van der Waals surface area contributed by atoms with Crippen LogP contribution in [0.2, 0.25) is 5.02 Å². The van der Waals surface area contributed by atoms with Crippen LogP contribution in [-0.2, 0) is 29.0 Å². The third-order valence-corrected chi connectivity index (χ3v) is 6.72. The lowest BCUT2D eigenvalue weighted by atomic mass is 9.84. The first kappa shape index (κ1) is 24.7. The van der Waals surface area contributed by atoms with Crippen LogP contribution in [-0.4, -0.2) is 50.4 Å². The molecule has 0 bridgehead atoms. The Labute approximate surface area is 208 Å². The minimum atomic E-state index is -0.936. The van der Waals surface area contributed by atoms with Gasteiger partial charge < -0.3 is 14.2 Å². The van der Waals surface area contributed by atoms with E-state index in [1.165, 1.54) is 0 Å². The fourth-order valence-electron chi connectivity index (χ4n) is 4.62. The van der Waals surface area contributed by atoms with Crippen LogP contribution in [0.1, 0.15) is 41.5 Å². The molecule has 8 nitrogen and oxygen atoms in total. The summed E-state index contributed by atoms with van der Waals surface area (Å²) in [5.41, 5.74) is 3.13. The van der Waals surface area contributed by atoms with Gasteiger partial charge in [0.1, 0.15) is 5.54 Å². The van der Waals surface area contributed by atoms with Gasteiger partial charge in [0.2, 0.25) is 17.7 Å². The normalized spacial score (nSPS) is 17.2. The summed E-state index contributed by atoms with van der Waals surface area (Å²) in [6, 6.07) is 13.4. The number of carbonyl (C=O) groups is 2. The highest BCUT2D eigenvalue weighted by Crippen LogP contribution is 2.34. The number of nitrogens with one attached hydrogen (secondary N) is 1. The average molecular weight is 497 g/mol. The molecular formula is C26H29ClN4O4. The lowest BCUT2D eigenvalue weighted by Crippen LogP contribution is -2.68. The van der Waals surface area contributed by atoms with Crippen molar-refractivity contribution in [3.05, 3.63) is 86.2 Å². The minimum absolute atomic E-state index is 0.0677. The van der Waals surface area contributed by atoms with Gasteiger partial charge in [0.15, 0.2) is 0 Å². The number of hydrogen-bond acceptors (Lipinski definition) is 5. The summed E-state index contributed by atoms with van der Waals surface area (Å²) in [5, 5.41) is 6.69. The van der Waals surface area contributed by atoms with Gasteiger partial charge >= 0.3 is 5.76 Å². The summed E-state index contributed by atoms with van der Waals surface area (Å²) < 4.78 is 5.01. The van der Waals surface area contributed by atoms with E-state index in [0.29, 0.717) is 24.5 Å². The second-order valence-corrected chi connectivity index (χ2v) is 9.79. The van der Waals surface area contributed by atoms with Crippen molar-refractivity contribution in [2.75, 3.05) is 13.1 Å². The summed E-state index contributed by atoms with van der Waals surface area (Å²) in [6.45, 7) is 6.99. The number of rotatable bonds is 8. The zero-order valence-electron chi connectivity index (χ0n) is 20.1. The van der Waals surface area contributed by atoms with Crippen LogP contribution in [0.3, 0.4) is 0 Å². The van der Waals surface area contributed by atoms with Crippen LogP contribution in [0.25, 0.3) is 0 Å². The van der Waals surface area contributed by atoms with Gasteiger partial charge in [0.05, 0.1) is 6.42 Å². The first-order chi connectivity index (χ1) is 16.6. The number of hydrogen-bond donors (Lipinski definition) is 1. The van der Waals surface area contributed by atoms with E-state index in [1.807, 2.05) is 45.0 Å². The van der Waals surface area contributed by atoms with Crippen molar-refractivity contribution in [2.24, 2.45) is 0 Å². The fraction of sp³-hybridized carbons (Fsp3) is 0.385. The smallest absolute Gasteiger partial charge is 0.392 e. The van der Waals surface area contributed by atoms with Crippen LogP contribution in [0.4, 0.5) is 0 Å². The maximum absolute atomic E-state index is 13.8. The standard InChI is InChI=1S/C26H29ClN4O4/c1-17-12-18(2)14-20(13-17)15-23(32)31-11-9-26(31,3)24(33)30(10-8-22-28-29-25(34)35-22)16-19-4-6-21(27)7-5-19/h4-7,12-14H,8-11,15-16H2,1-3H3,(H,29,34). The Morgan fingerprint density at radius 1 is 1.14 bits per heavy atom. The van der Waals surface area contributed by atoms with Crippen LogP contribution < -0.4 is 5.76 Å². The van der Waals surface area contributed by atoms with Gasteiger partial charge in [-0.3, -0.25) is 9.59 Å². The zero-order valence-corrected chi connectivity index (χ0v) is 20.9. The summed E-state index contributed by atoms with van der Waals surface area (Å²) in [5.74, 6) is -0.623. The summed E-state index contributed by atoms with van der Waals surface area (Å²) in [6.07, 6.45) is 1.10. The number of aromatic nitrogens is 2. The van der Waals surface area contributed by atoms with E-state index in [0.717, 1.165) is 22.3 Å². The van der Waals surface area contributed by atoms with Crippen molar-refractivity contribution >= 4 is 23.4 Å². The van der Waals surface area contributed by atoms with E-state index in [-0.39, 0.29) is 37.1 Å². The molecule has 184 valence electrons. The van der Waals surface area contributed by atoms with Gasteiger partial charge in [-0.15, -0.1) is 5.10 Å². The molecule has 1 unspecified atom stereocenters. The largest absolute Gasteiger partial charge is 0.434 e. The Morgan fingerprint density at radius 2 is 1.83 bits per heavy atom. The molecule has 2 amide bonds. The molecule has 0 aliphatic carbocycles. The van der Waals surface area contributed by atoms with E-state index in [4.69, 9.17) is 16.0 Å². The quantitative estimate of drug-likeness (QED) is 0.515. The van der Waals surface area contributed by atoms with Crippen molar-refractivity contribution in [1.82, 2.24) is 20.0 Å². The maximum Gasteiger partial charge on any atom is 0.434 e. The molecule has 1 fully saturated rings. The molecule has 1 aromatic heterocycles. The third kappa shape index (κ3) is 5.65. The monoisotopic (exact) mass is 496 g/mol. The summed E-state index contributed by atoms with van der Waals surface area (Å²) in [4.78, 5) is 41.7. The number of aromatic amines is 1. The molecule has 2 aromatic carbocycles. The predicted molar refractivity (Wildman–Crippen MR) is 132 cm³/mol. The van der Waals surface area contributed by atoms with Crippen molar-refractivity contribution in [1.29, 1.82) is 0 Å². The Morgan fingerprint density at radius 3 is 2.40 bits per heavy atom. The number of carbonyl (C=O) groups excluding carboxylic acids is 2. The van der Waals surface area contributed by atoms with Crippen molar-refractivity contribution in [2.45, 2.75) is 52.1 Å². The highest BCUT2D eigenvalue weighted by atomic mass is 35.5. The molecule has 0 saturated carbocycles. The highest BCUT2D eigenvalue weighted by Gasteiger charge is 2.50. The van der Waals surface area contributed by atoms with Gasteiger partial charge in [-0.25, -0.2) is 9.89 Å². The summed E-state index contributed by atoms with van der Waals surface area (Å²) in [7, 11) is 0. The molecule has 9 heteroatoms. The second-order valence-electron chi connectivity index (χ2n) is 9.35. The van der Waals surface area contributed by atoms with Crippen LogP contribution in [0.15, 0.2) is 51.7 Å². The van der Waals surface area contributed by atoms with Crippen LogP contribution in [0.5, 0.6) is 0 Å². The highest BCUT2D eigenvalue weighted by molar-refractivity contribution is 6.30. The van der Waals surface area contributed by atoms with Gasteiger partial charge in [-0.05, 0) is 50.5 Å². The number of aryl methyl sites for hydroxylation is 2. The van der Waals surface area contributed by atoms with E-state index in [9.17, 15) is 14.4 Å². The number of H-pyrrole nitrogens is 1. The Kier molecular flexibility index (Phi) is 7.12. The molecule has 1 saturated heterocycles. The lowest BCUT2D eigenvalue weighted by molar-refractivity contribution is -0.164. The van der Waals surface area contributed by atoms with Crippen LogP contribution >= 0.6 is 11.6 Å². The molecule has 1 aliphatic rings. The predicted octanol–water partition coefficient (Wildman–Crippen LogP) is 3.44. The maximum atomic E-state index is 13.8. The van der Waals surface area contributed by atoms with E-state index in [1.54, 1.807) is 21.9 Å². The lowest BCUT2D eigenvalue weighted by Gasteiger charge is -2.51. The van der Waals surface area contributed by atoms with Gasteiger partial charge in [0.25, 0.3) is 0 Å². The molecule has 0 radical (unpaired) electrons. The van der Waals surface area contributed by atoms with Crippen LogP contribution in [0, 0.1) is 13.8 Å². The number of halogens is 1. The van der Waals surface area contributed by atoms with E-state index in [2.05, 4.69) is 16.3 Å². The van der Waals surface area contributed by atoms with Gasteiger partial charge in [0, 0.05) is 31.1 Å². The zero-order chi connectivity index (χ0) is 25.2. The number of likely N-dealkylation sites (tertiary alicyclic amines) is 1. The Hall–Kier alpha value is -3.39. The second kappa shape index (κ2) is 10.1. The van der Waals surface area contributed by atoms with Crippen molar-refractivity contribution < 1.29 is 14.0 Å². The molecule has 1 aliphatic heterocycles. The molecule has 0 spiro atoms. The molecule has 1 N–H and O–H groups in total. The van der Waals surface area contributed by atoms with Gasteiger partial charge in [-0.1, -0.05) is 53.1 Å². The SMILES string of the molecule is Cc1cc(C)cc(CC(=O)N2CCC2(C)C(=O)N(CCc2n[nH]c(=O)o2)Cc2ccc(Cl)cc2)c1. The van der Waals surface area contributed by atoms with Gasteiger partial charge in [-0.2, -0.15) is 0 Å². The number of benzene rings is 2. The number of amides is 2.